The zero-order valence-corrected chi connectivity index (χ0v) is 18.8. The molecular weight excluding hydrogens is 442 g/mol. The molecule has 0 aliphatic heterocycles. The molecule has 0 aliphatic carbocycles. The van der Waals surface area contributed by atoms with Gasteiger partial charge in [-0.2, -0.15) is 0 Å². The molecule has 3 aromatic carbocycles. The summed E-state index contributed by atoms with van der Waals surface area (Å²) in [5.41, 5.74) is 5.23. The summed E-state index contributed by atoms with van der Waals surface area (Å²) in [5, 5.41) is 11.3. The maximum atomic E-state index is 13.8. The van der Waals surface area contributed by atoms with Crippen LogP contribution in [0.3, 0.4) is 0 Å². The van der Waals surface area contributed by atoms with Crippen molar-refractivity contribution in [2.75, 3.05) is 11.1 Å². The fourth-order valence-electron chi connectivity index (χ4n) is 3.10. The average molecular weight is 463 g/mol. The van der Waals surface area contributed by atoms with Gasteiger partial charge in [0.15, 0.2) is 0 Å². The van der Waals surface area contributed by atoms with Crippen LogP contribution in [-0.4, -0.2) is 26.8 Å². The second kappa shape index (κ2) is 9.87. The van der Waals surface area contributed by atoms with Crippen LogP contribution in [0.5, 0.6) is 0 Å². The highest BCUT2D eigenvalue weighted by molar-refractivity contribution is 7.99. The maximum absolute atomic E-state index is 13.8. The van der Waals surface area contributed by atoms with Gasteiger partial charge in [-0.3, -0.25) is 4.79 Å². The molecule has 8 heteroatoms. The highest BCUT2D eigenvalue weighted by atomic mass is 32.2. The Morgan fingerprint density at radius 3 is 2.06 bits per heavy atom. The number of hydrogen-bond donors (Lipinski definition) is 1. The van der Waals surface area contributed by atoms with E-state index in [0.29, 0.717) is 22.6 Å². The number of hydrogen-bond acceptors (Lipinski definition) is 5. The van der Waals surface area contributed by atoms with E-state index in [1.54, 1.807) is 0 Å². The molecule has 1 amide bonds. The molecule has 166 valence electrons. The quantitative estimate of drug-likeness (QED) is 0.365. The first-order valence-corrected chi connectivity index (χ1v) is 11.1. The van der Waals surface area contributed by atoms with Gasteiger partial charge >= 0.3 is 0 Å². The number of rotatable bonds is 6. The monoisotopic (exact) mass is 462 g/mol. The molecule has 4 aromatic rings. The summed E-state index contributed by atoms with van der Waals surface area (Å²) in [6.07, 6.45) is 0. The highest BCUT2D eigenvalue weighted by Crippen LogP contribution is 2.30. The van der Waals surface area contributed by atoms with E-state index in [1.807, 2.05) is 62.4 Å². The largest absolute Gasteiger partial charge is 0.323 e. The van der Waals surface area contributed by atoms with E-state index in [4.69, 9.17) is 0 Å². The molecule has 0 radical (unpaired) electrons. The third-order valence-corrected chi connectivity index (χ3v) is 5.69. The Bertz CT molecular complexity index is 1300. The van der Waals surface area contributed by atoms with Crippen molar-refractivity contribution in [1.82, 2.24) is 15.2 Å². The normalized spacial score (nSPS) is 10.8. The fourth-order valence-corrected chi connectivity index (χ4v) is 3.68. The zero-order chi connectivity index (χ0) is 23.4. The van der Waals surface area contributed by atoms with Gasteiger partial charge in [0.1, 0.15) is 23.0 Å². The lowest BCUT2D eigenvalue weighted by Gasteiger charge is -2.10. The third kappa shape index (κ3) is 5.59. The van der Waals surface area contributed by atoms with Crippen LogP contribution >= 0.6 is 11.8 Å². The van der Waals surface area contributed by atoms with E-state index in [-0.39, 0.29) is 11.4 Å². The SMILES string of the molecule is Cc1ccc(-c2nnc(SCC(=O)Nc3ccc(F)cc3F)nc2-c2ccc(C)cc2)cc1. The molecule has 1 aromatic heterocycles. The smallest absolute Gasteiger partial charge is 0.234 e. The summed E-state index contributed by atoms with van der Waals surface area (Å²) in [5.74, 6) is -2.07. The number of halogens is 2. The average Bonchev–Trinajstić information content (AvgIpc) is 2.80. The lowest BCUT2D eigenvalue weighted by atomic mass is 10.0. The van der Waals surface area contributed by atoms with Crippen molar-refractivity contribution in [3.63, 3.8) is 0 Å². The first-order valence-electron chi connectivity index (χ1n) is 10.2. The Balaban J connectivity index is 1.57. The van der Waals surface area contributed by atoms with Gasteiger partial charge < -0.3 is 5.32 Å². The summed E-state index contributed by atoms with van der Waals surface area (Å²) >= 11 is 1.08. The van der Waals surface area contributed by atoms with Crippen LogP contribution in [0, 0.1) is 25.5 Å². The summed E-state index contributed by atoms with van der Waals surface area (Å²) in [4.78, 5) is 16.9. The van der Waals surface area contributed by atoms with Crippen LogP contribution in [-0.2, 0) is 4.79 Å². The van der Waals surface area contributed by atoms with Gasteiger partial charge in [-0.15, -0.1) is 10.2 Å². The Labute approximate surface area is 194 Å². The molecule has 0 aliphatic rings. The van der Waals surface area contributed by atoms with Crippen LogP contribution < -0.4 is 5.32 Å². The molecule has 4 rings (SSSR count). The Morgan fingerprint density at radius 2 is 1.45 bits per heavy atom. The lowest BCUT2D eigenvalue weighted by Crippen LogP contribution is -2.15. The third-order valence-electron chi connectivity index (χ3n) is 4.85. The lowest BCUT2D eigenvalue weighted by molar-refractivity contribution is -0.113. The molecule has 33 heavy (non-hydrogen) atoms. The number of aromatic nitrogens is 3. The van der Waals surface area contributed by atoms with Crippen LogP contribution in [0.25, 0.3) is 22.5 Å². The first kappa shape index (κ1) is 22.5. The molecule has 0 atom stereocenters. The van der Waals surface area contributed by atoms with Crippen molar-refractivity contribution in [2.45, 2.75) is 19.0 Å². The molecule has 1 heterocycles. The Morgan fingerprint density at radius 1 is 0.848 bits per heavy atom. The molecular formula is C25H20F2N4OS. The van der Waals surface area contributed by atoms with Crippen LogP contribution in [0.4, 0.5) is 14.5 Å². The number of amides is 1. The first-order chi connectivity index (χ1) is 15.9. The van der Waals surface area contributed by atoms with Crippen molar-refractivity contribution in [3.05, 3.63) is 89.5 Å². The highest BCUT2D eigenvalue weighted by Gasteiger charge is 2.15. The summed E-state index contributed by atoms with van der Waals surface area (Å²) in [6.45, 7) is 4.02. The Hall–Kier alpha value is -3.65. The standard InChI is InChI=1S/C25H20F2N4OS/c1-15-3-7-17(8-4-15)23-24(18-9-5-16(2)6-10-18)30-31-25(29-23)33-14-22(32)28-21-12-11-19(26)13-20(21)27/h3-13H,14H2,1-2H3,(H,28,32). The maximum Gasteiger partial charge on any atom is 0.234 e. The van der Waals surface area contributed by atoms with Crippen molar-refractivity contribution in [1.29, 1.82) is 0 Å². The molecule has 1 N–H and O–H groups in total. The number of thioether (sulfide) groups is 1. The van der Waals surface area contributed by atoms with Gasteiger partial charge in [-0.25, -0.2) is 13.8 Å². The van der Waals surface area contributed by atoms with Crippen molar-refractivity contribution in [2.24, 2.45) is 0 Å². The molecule has 0 spiro atoms. The van der Waals surface area contributed by atoms with E-state index >= 15 is 0 Å². The number of aryl methyl sites for hydroxylation is 2. The second-order valence-electron chi connectivity index (χ2n) is 7.48. The van der Waals surface area contributed by atoms with Gasteiger partial charge in [-0.1, -0.05) is 71.4 Å². The van der Waals surface area contributed by atoms with Crippen molar-refractivity contribution >= 4 is 23.4 Å². The minimum absolute atomic E-state index is 0.0598. The summed E-state index contributed by atoms with van der Waals surface area (Å²) in [6, 6.07) is 18.8. The molecule has 0 unspecified atom stereocenters. The predicted molar refractivity (Wildman–Crippen MR) is 126 cm³/mol. The van der Waals surface area contributed by atoms with Gasteiger partial charge in [0.2, 0.25) is 11.1 Å². The molecule has 0 saturated carbocycles. The number of nitrogens with one attached hydrogen (secondary N) is 1. The van der Waals surface area contributed by atoms with E-state index in [0.717, 1.165) is 40.1 Å². The molecule has 5 nitrogen and oxygen atoms in total. The van der Waals surface area contributed by atoms with Gasteiger partial charge in [0.25, 0.3) is 0 Å². The summed E-state index contributed by atoms with van der Waals surface area (Å²) in [7, 11) is 0. The number of benzene rings is 3. The van der Waals surface area contributed by atoms with Gasteiger partial charge in [-0.05, 0) is 26.0 Å². The van der Waals surface area contributed by atoms with Crippen molar-refractivity contribution < 1.29 is 13.6 Å². The molecule has 0 bridgehead atoms. The zero-order valence-electron chi connectivity index (χ0n) is 18.0. The number of nitrogens with zero attached hydrogens (tertiary/aromatic N) is 3. The number of carbonyl (C=O) groups excluding carboxylic acids is 1. The van der Waals surface area contributed by atoms with E-state index in [1.165, 1.54) is 6.07 Å². The van der Waals surface area contributed by atoms with E-state index < -0.39 is 17.5 Å². The second-order valence-corrected chi connectivity index (χ2v) is 8.43. The number of anilines is 1. The van der Waals surface area contributed by atoms with Gasteiger partial charge in [0, 0.05) is 17.2 Å². The molecule has 0 fully saturated rings. The topological polar surface area (TPSA) is 67.8 Å². The minimum Gasteiger partial charge on any atom is -0.323 e. The molecule has 0 saturated heterocycles. The van der Waals surface area contributed by atoms with Crippen molar-refractivity contribution in [3.8, 4) is 22.5 Å². The van der Waals surface area contributed by atoms with Crippen LogP contribution in [0.1, 0.15) is 11.1 Å². The number of carbonyl (C=O) groups is 1. The van der Waals surface area contributed by atoms with Crippen LogP contribution in [0.2, 0.25) is 0 Å². The minimum atomic E-state index is -0.838. The van der Waals surface area contributed by atoms with Crippen LogP contribution in [0.15, 0.2) is 71.9 Å². The van der Waals surface area contributed by atoms with Gasteiger partial charge in [0.05, 0.1) is 11.4 Å². The van der Waals surface area contributed by atoms with E-state index in [9.17, 15) is 13.6 Å². The van der Waals surface area contributed by atoms with E-state index in [2.05, 4.69) is 20.5 Å². The summed E-state index contributed by atoms with van der Waals surface area (Å²) < 4.78 is 26.8. The fraction of sp³-hybridized carbons (Fsp3) is 0.120. The Kier molecular flexibility index (Phi) is 6.74. The predicted octanol–water partition coefficient (Wildman–Crippen LogP) is 5.83.